The molecule has 1 aliphatic heterocycles. The SMILES string of the molecule is C[C@H](CO)N1CCCNC1=O. The summed E-state index contributed by atoms with van der Waals surface area (Å²) >= 11 is 0. The first kappa shape index (κ1) is 8.33. The summed E-state index contributed by atoms with van der Waals surface area (Å²) in [6.07, 6.45) is 0.968. The van der Waals surface area contributed by atoms with E-state index in [1.165, 1.54) is 0 Å². The van der Waals surface area contributed by atoms with E-state index in [4.69, 9.17) is 5.11 Å². The molecule has 2 N–H and O–H groups in total. The van der Waals surface area contributed by atoms with Crippen molar-refractivity contribution in [1.29, 1.82) is 0 Å². The summed E-state index contributed by atoms with van der Waals surface area (Å²) in [5, 5.41) is 11.5. The van der Waals surface area contributed by atoms with Crippen LogP contribution in [-0.4, -0.2) is 41.8 Å². The van der Waals surface area contributed by atoms with Crippen LogP contribution in [0.4, 0.5) is 4.79 Å². The van der Waals surface area contributed by atoms with Crippen molar-refractivity contribution < 1.29 is 9.90 Å². The highest BCUT2D eigenvalue weighted by Crippen LogP contribution is 2.03. The van der Waals surface area contributed by atoms with E-state index in [0.717, 1.165) is 19.5 Å². The average molecular weight is 158 g/mol. The molecule has 0 radical (unpaired) electrons. The number of hydrogen-bond donors (Lipinski definition) is 2. The summed E-state index contributed by atoms with van der Waals surface area (Å²) < 4.78 is 0. The molecule has 1 atom stereocenters. The first-order valence-corrected chi connectivity index (χ1v) is 3.91. The van der Waals surface area contributed by atoms with Gasteiger partial charge in [-0.2, -0.15) is 0 Å². The Hall–Kier alpha value is -0.770. The number of rotatable bonds is 2. The third-order valence-corrected chi connectivity index (χ3v) is 1.91. The fraction of sp³-hybridized carbons (Fsp3) is 0.857. The van der Waals surface area contributed by atoms with E-state index in [0.29, 0.717) is 0 Å². The number of amides is 2. The predicted octanol–water partition coefficient (Wildman–Crippen LogP) is -0.217. The number of hydrogen-bond acceptors (Lipinski definition) is 2. The molecule has 2 amide bonds. The Bertz CT molecular complexity index is 149. The average Bonchev–Trinajstić information content (AvgIpc) is 2.04. The van der Waals surface area contributed by atoms with E-state index in [9.17, 15) is 4.79 Å². The number of aliphatic hydroxyl groups is 1. The molecule has 0 spiro atoms. The van der Waals surface area contributed by atoms with Crippen LogP contribution in [0.1, 0.15) is 13.3 Å². The van der Waals surface area contributed by atoms with Gasteiger partial charge in [0.25, 0.3) is 0 Å². The zero-order chi connectivity index (χ0) is 8.27. The topological polar surface area (TPSA) is 52.6 Å². The fourth-order valence-corrected chi connectivity index (χ4v) is 1.17. The van der Waals surface area contributed by atoms with Crippen LogP contribution in [0, 0.1) is 0 Å². The zero-order valence-electron chi connectivity index (χ0n) is 6.71. The van der Waals surface area contributed by atoms with Gasteiger partial charge in [-0.1, -0.05) is 0 Å². The lowest BCUT2D eigenvalue weighted by Crippen LogP contribution is -2.51. The molecule has 0 bridgehead atoms. The van der Waals surface area contributed by atoms with Crippen LogP contribution in [0.25, 0.3) is 0 Å². The van der Waals surface area contributed by atoms with Crippen LogP contribution in [0.15, 0.2) is 0 Å². The second-order valence-corrected chi connectivity index (χ2v) is 2.81. The zero-order valence-corrected chi connectivity index (χ0v) is 6.71. The molecule has 0 saturated carbocycles. The van der Waals surface area contributed by atoms with Crippen molar-refractivity contribution in [1.82, 2.24) is 10.2 Å². The van der Waals surface area contributed by atoms with Crippen LogP contribution >= 0.6 is 0 Å². The van der Waals surface area contributed by atoms with Gasteiger partial charge in [-0.05, 0) is 13.3 Å². The van der Waals surface area contributed by atoms with Crippen molar-refractivity contribution in [3.63, 3.8) is 0 Å². The number of aliphatic hydroxyl groups excluding tert-OH is 1. The normalized spacial score (nSPS) is 21.3. The minimum atomic E-state index is -0.0599. The van der Waals surface area contributed by atoms with E-state index in [-0.39, 0.29) is 18.7 Å². The van der Waals surface area contributed by atoms with Gasteiger partial charge in [0.05, 0.1) is 12.6 Å². The molecule has 1 aliphatic rings. The quantitative estimate of drug-likeness (QED) is 0.584. The van der Waals surface area contributed by atoms with E-state index < -0.39 is 0 Å². The molecule has 1 rings (SSSR count). The Balaban J connectivity index is 2.47. The first-order chi connectivity index (χ1) is 5.25. The lowest BCUT2D eigenvalue weighted by atomic mass is 10.2. The molecule has 11 heavy (non-hydrogen) atoms. The molecule has 0 unspecified atom stereocenters. The molecular weight excluding hydrogens is 144 g/mol. The maximum Gasteiger partial charge on any atom is 0.317 e. The minimum Gasteiger partial charge on any atom is -0.394 e. The number of nitrogens with zero attached hydrogens (tertiary/aromatic N) is 1. The molecule has 1 heterocycles. The van der Waals surface area contributed by atoms with Crippen molar-refractivity contribution >= 4 is 6.03 Å². The Morgan fingerprint density at radius 1 is 1.82 bits per heavy atom. The van der Waals surface area contributed by atoms with Crippen molar-refractivity contribution in [2.24, 2.45) is 0 Å². The fourth-order valence-electron chi connectivity index (χ4n) is 1.17. The number of nitrogens with one attached hydrogen (secondary N) is 1. The summed E-state index contributed by atoms with van der Waals surface area (Å²) in [7, 11) is 0. The highest BCUT2D eigenvalue weighted by molar-refractivity contribution is 5.75. The van der Waals surface area contributed by atoms with Gasteiger partial charge in [0.15, 0.2) is 0 Å². The molecule has 64 valence electrons. The van der Waals surface area contributed by atoms with Gasteiger partial charge in [-0.3, -0.25) is 0 Å². The largest absolute Gasteiger partial charge is 0.394 e. The lowest BCUT2D eigenvalue weighted by molar-refractivity contribution is 0.130. The van der Waals surface area contributed by atoms with Gasteiger partial charge < -0.3 is 15.3 Å². The summed E-state index contributed by atoms with van der Waals surface area (Å²) in [5.41, 5.74) is 0. The van der Waals surface area contributed by atoms with Crippen molar-refractivity contribution in [2.75, 3.05) is 19.7 Å². The maximum absolute atomic E-state index is 11.1. The van der Waals surface area contributed by atoms with Gasteiger partial charge in [0.2, 0.25) is 0 Å². The van der Waals surface area contributed by atoms with Gasteiger partial charge in [0.1, 0.15) is 0 Å². The molecule has 4 nitrogen and oxygen atoms in total. The number of carbonyl (C=O) groups is 1. The van der Waals surface area contributed by atoms with E-state index in [2.05, 4.69) is 5.32 Å². The van der Waals surface area contributed by atoms with Crippen LogP contribution in [0.3, 0.4) is 0 Å². The maximum atomic E-state index is 11.1. The van der Waals surface area contributed by atoms with Gasteiger partial charge in [-0.25, -0.2) is 4.79 Å². The summed E-state index contributed by atoms with van der Waals surface area (Å²) in [5.74, 6) is 0. The Kier molecular flexibility index (Phi) is 2.70. The molecule has 0 aliphatic carbocycles. The van der Waals surface area contributed by atoms with Crippen molar-refractivity contribution in [3.8, 4) is 0 Å². The highest BCUT2D eigenvalue weighted by Gasteiger charge is 2.21. The predicted molar refractivity (Wildman–Crippen MR) is 41.3 cm³/mol. The third-order valence-electron chi connectivity index (χ3n) is 1.91. The number of urea groups is 1. The third kappa shape index (κ3) is 1.83. The van der Waals surface area contributed by atoms with E-state index in [1.54, 1.807) is 4.90 Å². The standard InChI is InChI=1S/C7H14N2O2/c1-6(5-10)9-4-2-3-8-7(9)11/h6,10H,2-5H2,1H3,(H,8,11)/t6-/m1/s1. The van der Waals surface area contributed by atoms with Crippen LogP contribution in [0.2, 0.25) is 0 Å². The van der Waals surface area contributed by atoms with Crippen LogP contribution in [0.5, 0.6) is 0 Å². The second-order valence-electron chi connectivity index (χ2n) is 2.81. The second kappa shape index (κ2) is 3.57. The molecule has 0 aromatic rings. The molecule has 0 aromatic carbocycles. The molecule has 1 fully saturated rings. The summed E-state index contributed by atoms with van der Waals surface area (Å²) in [6, 6.07) is -0.117. The summed E-state index contributed by atoms with van der Waals surface area (Å²) in [6.45, 7) is 3.39. The Morgan fingerprint density at radius 3 is 3.09 bits per heavy atom. The summed E-state index contributed by atoms with van der Waals surface area (Å²) in [4.78, 5) is 12.8. The lowest BCUT2D eigenvalue weighted by Gasteiger charge is -2.31. The van der Waals surface area contributed by atoms with Gasteiger partial charge >= 0.3 is 6.03 Å². The Labute approximate surface area is 66.2 Å². The smallest absolute Gasteiger partial charge is 0.317 e. The van der Waals surface area contributed by atoms with Crippen molar-refractivity contribution in [2.45, 2.75) is 19.4 Å². The highest BCUT2D eigenvalue weighted by atomic mass is 16.3. The Morgan fingerprint density at radius 2 is 2.55 bits per heavy atom. The first-order valence-electron chi connectivity index (χ1n) is 3.91. The molecule has 1 saturated heterocycles. The molecule has 4 heteroatoms. The van der Waals surface area contributed by atoms with E-state index >= 15 is 0 Å². The van der Waals surface area contributed by atoms with Crippen LogP contribution < -0.4 is 5.32 Å². The van der Waals surface area contributed by atoms with E-state index in [1.807, 2.05) is 6.92 Å². The molecule has 0 aromatic heterocycles. The van der Waals surface area contributed by atoms with Gasteiger partial charge in [0, 0.05) is 13.1 Å². The number of carbonyl (C=O) groups excluding carboxylic acids is 1. The van der Waals surface area contributed by atoms with Crippen molar-refractivity contribution in [3.05, 3.63) is 0 Å². The molecular formula is C7H14N2O2. The van der Waals surface area contributed by atoms with Crippen LogP contribution in [-0.2, 0) is 0 Å². The monoisotopic (exact) mass is 158 g/mol. The minimum absolute atomic E-state index is 0.0351. The van der Waals surface area contributed by atoms with Gasteiger partial charge in [-0.15, -0.1) is 0 Å².